The second-order valence-electron chi connectivity index (χ2n) is 4.12. The van der Waals surface area contributed by atoms with Crippen LogP contribution in [0.15, 0.2) is 35.0 Å². The van der Waals surface area contributed by atoms with E-state index in [2.05, 4.69) is 11.4 Å². The molecule has 0 bridgehead atoms. The van der Waals surface area contributed by atoms with Crippen molar-refractivity contribution in [1.29, 1.82) is 0 Å². The largest absolute Gasteiger partial charge is 0.489 e. The Morgan fingerprint density at radius 1 is 1.35 bits per heavy atom. The first-order valence-electron chi connectivity index (χ1n) is 5.59. The van der Waals surface area contributed by atoms with Crippen LogP contribution in [0.25, 0.3) is 0 Å². The molecule has 1 N–H and O–H groups in total. The number of ether oxygens (including phenoxy) is 1. The molecule has 0 radical (unpaired) electrons. The summed E-state index contributed by atoms with van der Waals surface area (Å²) in [5, 5.41) is 13.6. The minimum atomic E-state index is -0.431. The van der Waals surface area contributed by atoms with Gasteiger partial charge in [-0.25, -0.2) is 0 Å². The molecule has 0 saturated heterocycles. The summed E-state index contributed by atoms with van der Waals surface area (Å²) in [6.07, 6.45) is -0.431. The molecule has 0 spiro atoms. The van der Waals surface area contributed by atoms with Crippen molar-refractivity contribution in [3.63, 3.8) is 0 Å². The zero-order chi connectivity index (χ0) is 12.3. The minimum Gasteiger partial charge on any atom is -0.489 e. The van der Waals surface area contributed by atoms with Gasteiger partial charge in [0.15, 0.2) is 0 Å². The third-order valence-electron chi connectivity index (χ3n) is 2.66. The van der Waals surface area contributed by atoms with Gasteiger partial charge in [-0.2, -0.15) is 11.3 Å². The van der Waals surface area contributed by atoms with Crippen LogP contribution in [0.4, 0.5) is 0 Å². The number of aliphatic hydroxyl groups is 1. The fourth-order valence-electron chi connectivity index (χ4n) is 1.63. The Hall–Kier alpha value is -1.32. The molecule has 0 aliphatic rings. The molecule has 1 aromatic carbocycles. The molecule has 1 unspecified atom stereocenters. The lowest BCUT2D eigenvalue weighted by Crippen LogP contribution is -1.97. The van der Waals surface area contributed by atoms with Crippen LogP contribution in [0.2, 0.25) is 0 Å². The summed E-state index contributed by atoms with van der Waals surface area (Å²) in [7, 11) is 0. The summed E-state index contributed by atoms with van der Waals surface area (Å²) in [4.78, 5) is 0. The van der Waals surface area contributed by atoms with Crippen LogP contribution in [0.5, 0.6) is 5.75 Å². The molecule has 0 aliphatic heterocycles. The average Bonchev–Trinajstić information content (AvgIpc) is 2.80. The number of hydrogen-bond donors (Lipinski definition) is 1. The molecule has 2 aromatic rings. The number of rotatable bonds is 4. The lowest BCUT2D eigenvalue weighted by Gasteiger charge is -2.11. The smallest absolute Gasteiger partial charge is 0.122 e. The van der Waals surface area contributed by atoms with Crippen molar-refractivity contribution in [3.8, 4) is 5.75 Å². The predicted octanol–water partition coefficient (Wildman–Crippen LogP) is 3.69. The van der Waals surface area contributed by atoms with E-state index in [0.717, 1.165) is 16.9 Å². The van der Waals surface area contributed by atoms with E-state index in [1.54, 1.807) is 18.3 Å². The Morgan fingerprint density at radius 3 is 2.76 bits per heavy atom. The van der Waals surface area contributed by atoms with E-state index in [1.807, 2.05) is 30.5 Å². The minimum absolute atomic E-state index is 0.431. The van der Waals surface area contributed by atoms with Gasteiger partial charge in [-0.05, 0) is 59.5 Å². The maximum Gasteiger partial charge on any atom is 0.122 e. The van der Waals surface area contributed by atoms with E-state index in [9.17, 15) is 5.11 Å². The Bertz CT molecular complexity index is 475. The first-order chi connectivity index (χ1) is 8.16. The van der Waals surface area contributed by atoms with Crippen LogP contribution in [0, 0.1) is 6.92 Å². The standard InChI is InChI=1S/C14H16O2S/c1-10-7-13(11(2)15)3-4-14(10)16-8-12-5-6-17-9-12/h3-7,9,11,15H,8H2,1-2H3. The van der Waals surface area contributed by atoms with Gasteiger partial charge < -0.3 is 9.84 Å². The summed E-state index contributed by atoms with van der Waals surface area (Å²) in [5.74, 6) is 0.876. The van der Waals surface area contributed by atoms with E-state index in [4.69, 9.17) is 4.74 Å². The van der Waals surface area contributed by atoms with Crippen molar-refractivity contribution in [2.75, 3.05) is 0 Å². The molecule has 2 nitrogen and oxygen atoms in total. The number of aliphatic hydroxyl groups excluding tert-OH is 1. The highest BCUT2D eigenvalue weighted by Gasteiger charge is 2.05. The molecule has 0 fully saturated rings. The maximum absolute atomic E-state index is 9.48. The van der Waals surface area contributed by atoms with E-state index in [0.29, 0.717) is 6.61 Å². The zero-order valence-corrected chi connectivity index (χ0v) is 10.8. The quantitative estimate of drug-likeness (QED) is 0.894. The molecule has 17 heavy (non-hydrogen) atoms. The Kier molecular flexibility index (Phi) is 3.82. The van der Waals surface area contributed by atoms with Crippen molar-refractivity contribution >= 4 is 11.3 Å². The van der Waals surface area contributed by atoms with Gasteiger partial charge in [-0.15, -0.1) is 0 Å². The molecular weight excluding hydrogens is 232 g/mol. The van der Waals surface area contributed by atoms with E-state index in [-0.39, 0.29) is 0 Å². The van der Waals surface area contributed by atoms with Gasteiger partial charge in [-0.3, -0.25) is 0 Å². The summed E-state index contributed by atoms with van der Waals surface area (Å²) < 4.78 is 5.74. The lowest BCUT2D eigenvalue weighted by molar-refractivity contribution is 0.199. The SMILES string of the molecule is Cc1cc(C(C)O)ccc1OCc1ccsc1. The molecule has 3 heteroatoms. The van der Waals surface area contributed by atoms with Gasteiger partial charge in [0.1, 0.15) is 12.4 Å². The summed E-state index contributed by atoms with van der Waals surface area (Å²) in [6, 6.07) is 7.85. The van der Waals surface area contributed by atoms with Crippen LogP contribution in [-0.2, 0) is 6.61 Å². The third-order valence-corrected chi connectivity index (χ3v) is 3.39. The molecule has 0 aliphatic carbocycles. The van der Waals surface area contributed by atoms with Gasteiger partial charge >= 0.3 is 0 Å². The van der Waals surface area contributed by atoms with Gasteiger partial charge in [0, 0.05) is 0 Å². The summed E-state index contributed by atoms with van der Waals surface area (Å²) in [5.41, 5.74) is 3.16. The molecule has 1 heterocycles. The summed E-state index contributed by atoms with van der Waals surface area (Å²) in [6.45, 7) is 4.36. The van der Waals surface area contributed by atoms with Crippen LogP contribution in [0.3, 0.4) is 0 Å². The van der Waals surface area contributed by atoms with Crippen LogP contribution in [-0.4, -0.2) is 5.11 Å². The van der Waals surface area contributed by atoms with Gasteiger partial charge in [0.2, 0.25) is 0 Å². The maximum atomic E-state index is 9.48. The Labute approximate surface area is 105 Å². The second-order valence-corrected chi connectivity index (χ2v) is 4.90. The normalized spacial score (nSPS) is 12.4. The van der Waals surface area contributed by atoms with Gasteiger partial charge in [0.25, 0.3) is 0 Å². The Morgan fingerprint density at radius 2 is 2.18 bits per heavy atom. The lowest BCUT2D eigenvalue weighted by atomic mass is 10.1. The second kappa shape index (κ2) is 5.34. The highest BCUT2D eigenvalue weighted by Crippen LogP contribution is 2.23. The zero-order valence-electron chi connectivity index (χ0n) is 10.0. The fourth-order valence-corrected chi connectivity index (χ4v) is 2.28. The van der Waals surface area contributed by atoms with Crippen LogP contribution >= 0.6 is 11.3 Å². The average molecular weight is 248 g/mol. The van der Waals surface area contributed by atoms with Crippen molar-refractivity contribution in [3.05, 3.63) is 51.7 Å². The molecule has 0 amide bonds. The van der Waals surface area contributed by atoms with Crippen LogP contribution in [0.1, 0.15) is 29.7 Å². The topological polar surface area (TPSA) is 29.5 Å². The molecule has 1 atom stereocenters. The van der Waals surface area contributed by atoms with Gasteiger partial charge in [0.05, 0.1) is 6.10 Å². The van der Waals surface area contributed by atoms with Crippen molar-refractivity contribution in [2.24, 2.45) is 0 Å². The van der Waals surface area contributed by atoms with Gasteiger partial charge in [-0.1, -0.05) is 6.07 Å². The first-order valence-corrected chi connectivity index (χ1v) is 6.53. The molecule has 90 valence electrons. The van der Waals surface area contributed by atoms with E-state index >= 15 is 0 Å². The summed E-state index contributed by atoms with van der Waals surface area (Å²) >= 11 is 1.67. The van der Waals surface area contributed by atoms with E-state index in [1.165, 1.54) is 5.56 Å². The molecular formula is C14H16O2S. The fraction of sp³-hybridized carbons (Fsp3) is 0.286. The molecule has 1 aromatic heterocycles. The number of benzene rings is 1. The van der Waals surface area contributed by atoms with Crippen molar-refractivity contribution < 1.29 is 9.84 Å². The van der Waals surface area contributed by atoms with E-state index < -0.39 is 6.10 Å². The number of aryl methyl sites for hydroxylation is 1. The molecule has 2 rings (SSSR count). The number of thiophene rings is 1. The molecule has 0 saturated carbocycles. The van der Waals surface area contributed by atoms with Crippen molar-refractivity contribution in [1.82, 2.24) is 0 Å². The monoisotopic (exact) mass is 248 g/mol. The van der Waals surface area contributed by atoms with Crippen molar-refractivity contribution in [2.45, 2.75) is 26.6 Å². The first kappa shape index (κ1) is 12.1. The number of hydrogen-bond acceptors (Lipinski definition) is 3. The third kappa shape index (κ3) is 3.08. The highest BCUT2D eigenvalue weighted by molar-refractivity contribution is 7.07. The predicted molar refractivity (Wildman–Crippen MR) is 70.5 cm³/mol. The van der Waals surface area contributed by atoms with Crippen LogP contribution < -0.4 is 4.74 Å². The highest BCUT2D eigenvalue weighted by atomic mass is 32.1. The Balaban J connectivity index is 2.06.